The number of rotatable bonds is 13. The van der Waals surface area contributed by atoms with E-state index in [0.717, 1.165) is 59.6 Å². The van der Waals surface area contributed by atoms with E-state index in [4.69, 9.17) is 0 Å². The van der Waals surface area contributed by atoms with Crippen molar-refractivity contribution in [2.24, 2.45) is 5.92 Å². The quantitative estimate of drug-likeness (QED) is 0.143. The maximum atomic E-state index is 10.3. The zero-order valence-corrected chi connectivity index (χ0v) is 25.9. The van der Waals surface area contributed by atoms with Gasteiger partial charge in [0.15, 0.2) is 0 Å². The number of unbranched alkanes of at least 4 members (excludes halogenated alkanes) is 1. The summed E-state index contributed by atoms with van der Waals surface area (Å²) >= 11 is 0. The number of anilines is 1. The van der Waals surface area contributed by atoms with Crippen LogP contribution in [-0.4, -0.2) is 61.1 Å². The molecule has 45 heavy (non-hydrogen) atoms. The van der Waals surface area contributed by atoms with E-state index in [1.54, 1.807) is 6.08 Å². The van der Waals surface area contributed by atoms with Gasteiger partial charge in [-0.2, -0.15) is 15.8 Å². The summed E-state index contributed by atoms with van der Waals surface area (Å²) in [7, 11) is 4.12. The summed E-state index contributed by atoms with van der Waals surface area (Å²) in [5.74, 6) is -1.69. The second-order valence-corrected chi connectivity index (χ2v) is 11.9. The van der Waals surface area contributed by atoms with Crippen LogP contribution in [0.3, 0.4) is 0 Å². The summed E-state index contributed by atoms with van der Waals surface area (Å²) in [6, 6.07) is 34.2. The van der Waals surface area contributed by atoms with Crippen molar-refractivity contribution in [3.05, 3.63) is 131 Å². The molecule has 228 valence electrons. The van der Waals surface area contributed by atoms with Crippen molar-refractivity contribution in [2.75, 3.05) is 45.2 Å². The van der Waals surface area contributed by atoms with Crippen molar-refractivity contribution in [3.63, 3.8) is 0 Å². The summed E-state index contributed by atoms with van der Waals surface area (Å²) < 4.78 is 0.604. The van der Waals surface area contributed by atoms with Gasteiger partial charge < -0.3 is 19.6 Å². The lowest BCUT2D eigenvalue weighted by atomic mass is 9.82. The highest BCUT2D eigenvalue weighted by Crippen LogP contribution is 2.40. The van der Waals surface area contributed by atoms with Gasteiger partial charge in [0, 0.05) is 35.0 Å². The molecule has 1 aliphatic rings. The van der Waals surface area contributed by atoms with Crippen molar-refractivity contribution in [3.8, 4) is 18.2 Å². The Morgan fingerprint density at radius 2 is 1.53 bits per heavy atom. The fourth-order valence-corrected chi connectivity index (χ4v) is 5.93. The van der Waals surface area contributed by atoms with Gasteiger partial charge in [-0.3, -0.25) is 0 Å². The Morgan fingerprint density at radius 3 is 2.18 bits per heavy atom. The van der Waals surface area contributed by atoms with Crippen LogP contribution in [0.4, 0.5) is 5.69 Å². The van der Waals surface area contributed by atoms with Crippen molar-refractivity contribution in [1.82, 2.24) is 0 Å². The van der Waals surface area contributed by atoms with Gasteiger partial charge >= 0.3 is 0 Å². The van der Waals surface area contributed by atoms with E-state index in [1.807, 2.05) is 66.7 Å². The molecule has 0 saturated carbocycles. The minimum atomic E-state index is -1.01. The lowest BCUT2D eigenvalue weighted by molar-refractivity contribution is -0.893. The topological polar surface area (TPSA) is 115 Å². The Kier molecular flexibility index (Phi) is 11.5. The third kappa shape index (κ3) is 8.36. The first-order valence-electron chi connectivity index (χ1n) is 15.2. The number of fused-ring (bicyclic) bond motifs is 1. The van der Waals surface area contributed by atoms with Crippen molar-refractivity contribution in [1.29, 1.82) is 15.8 Å². The van der Waals surface area contributed by atoms with Crippen molar-refractivity contribution in [2.45, 2.75) is 24.9 Å². The van der Waals surface area contributed by atoms with Gasteiger partial charge in [-0.25, -0.2) is 0 Å². The molecule has 0 aromatic heterocycles. The molecule has 3 aromatic carbocycles. The average Bonchev–Trinajstić information content (AvgIpc) is 3.07. The molecule has 3 aromatic rings. The molecule has 2 unspecified atom stereocenters. The normalized spacial score (nSPS) is 15.4. The van der Waals surface area contributed by atoms with Crippen LogP contribution in [0.2, 0.25) is 0 Å². The Labute approximate surface area is 266 Å². The van der Waals surface area contributed by atoms with Gasteiger partial charge in [-0.1, -0.05) is 78.9 Å². The molecule has 2 atom stereocenters. The molecular formula is C38H40N5O2+. The highest BCUT2D eigenvalue weighted by Gasteiger charge is 2.28. The first kappa shape index (κ1) is 32.9. The van der Waals surface area contributed by atoms with Crippen LogP contribution in [0.25, 0.3) is 5.57 Å². The van der Waals surface area contributed by atoms with Gasteiger partial charge in [-0.05, 0) is 53.8 Å². The van der Waals surface area contributed by atoms with E-state index >= 15 is 0 Å². The predicted molar refractivity (Wildman–Crippen MR) is 177 cm³/mol. The zero-order chi connectivity index (χ0) is 32.2. The molecule has 1 aliphatic heterocycles. The van der Waals surface area contributed by atoms with Gasteiger partial charge in [-0.15, -0.1) is 0 Å². The fourth-order valence-electron chi connectivity index (χ4n) is 5.93. The van der Waals surface area contributed by atoms with Gasteiger partial charge in [0.05, 0.1) is 45.5 Å². The number of likely N-dealkylation sites (N-methyl/N-ethyl adjacent to an activating group) is 1. The molecule has 0 spiro atoms. The summed E-state index contributed by atoms with van der Waals surface area (Å²) in [6.07, 6.45) is 6.87. The average molecular weight is 599 g/mol. The Balaban J connectivity index is 1.74. The minimum absolute atomic E-state index is 0.247. The van der Waals surface area contributed by atoms with Crippen molar-refractivity contribution >= 4 is 11.3 Å². The first-order chi connectivity index (χ1) is 21.8. The summed E-state index contributed by atoms with van der Waals surface area (Å²) in [4.78, 5) is 2.26. The van der Waals surface area contributed by atoms with Crippen molar-refractivity contribution < 1.29 is 14.7 Å². The lowest BCUT2D eigenvalue weighted by Gasteiger charge is -2.34. The number of nitrogens with zero attached hydrogens (tertiary/aromatic N) is 5. The molecule has 7 nitrogen and oxygen atoms in total. The number of aliphatic hydroxyl groups is 2. The third-order valence-corrected chi connectivity index (χ3v) is 8.15. The van der Waals surface area contributed by atoms with E-state index in [1.165, 1.54) is 0 Å². The molecule has 1 heterocycles. The molecule has 0 amide bonds. The number of quaternary nitrogens is 1. The zero-order valence-electron chi connectivity index (χ0n) is 25.9. The Bertz CT molecular complexity index is 1640. The number of para-hydroxylation sites is 1. The summed E-state index contributed by atoms with van der Waals surface area (Å²) in [6.45, 7) is 1.80. The molecular weight excluding hydrogens is 558 g/mol. The second-order valence-electron chi connectivity index (χ2n) is 11.9. The molecule has 0 bridgehead atoms. The third-order valence-electron chi connectivity index (χ3n) is 8.15. The van der Waals surface area contributed by atoms with E-state index < -0.39 is 17.9 Å². The van der Waals surface area contributed by atoms with E-state index in [9.17, 15) is 26.0 Å². The summed E-state index contributed by atoms with van der Waals surface area (Å²) in [5.41, 5.74) is 6.33. The molecule has 4 rings (SSSR count). The predicted octanol–water partition coefficient (Wildman–Crippen LogP) is 5.93. The monoisotopic (exact) mass is 598 g/mol. The number of hydrogen-bond acceptors (Lipinski definition) is 6. The number of benzene rings is 3. The maximum absolute atomic E-state index is 10.3. The van der Waals surface area contributed by atoms with Crippen LogP contribution >= 0.6 is 0 Å². The van der Waals surface area contributed by atoms with E-state index in [2.05, 4.69) is 67.5 Å². The lowest BCUT2D eigenvalue weighted by Crippen LogP contribution is -2.47. The molecule has 0 fully saturated rings. The van der Waals surface area contributed by atoms with Crippen LogP contribution in [0.5, 0.6) is 0 Å². The maximum Gasteiger partial charge on any atom is 0.144 e. The molecule has 2 N–H and O–H groups in total. The second kappa shape index (κ2) is 15.7. The van der Waals surface area contributed by atoms with Crippen LogP contribution in [-0.2, 0) is 0 Å². The van der Waals surface area contributed by atoms with Crippen LogP contribution in [0.15, 0.2) is 114 Å². The Hall–Kier alpha value is -4.97. The number of aliphatic hydroxyl groups excluding tert-OH is 2. The Morgan fingerprint density at radius 1 is 0.889 bits per heavy atom. The highest BCUT2D eigenvalue weighted by molar-refractivity contribution is 5.92. The number of allylic oxidation sites excluding steroid dienone is 4. The summed E-state index contributed by atoms with van der Waals surface area (Å²) in [5, 5.41) is 49.1. The van der Waals surface area contributed by atoms with Crippen LogP contribution in [0.1, 0.15) is 35.4 Å². The molecule has 0 aliphatic carbocycles. The van der Waals surface area contributed by atoms with Gasteiger partial charge in [0.25, 0.3) is 0 Å². The van der Waals surface area contributed by atoms with Gasteiger partial charge in [0.2, 0.25) is 0 Å². The molecule has 0 saturated heterocycles. The highest BCUT2D eigenvalue weighted by atomic mass is 16.3. The van der Waals surface area contributed by atoms with Crippen LogP contribution in [0, 0.1) is 39.9 Å². The van der Waals surface area contributed by atoms with Gasteiger partial charge in [0.1, 0.15) is 18.6 Å². The molecule has 7 heteroatoms. The largest absolute Gasteiger partial charge is 0.393 e. The minimum Gasteiger partial charge on any atom is -0.393 e. The number of nitriles is 3. The first-order valence-corrected chi connectivity index (χ1v) is 15.2. The van der Waals surface area contributed by atoms with E-state index in [-0.39, 0.29) is 6.61 Å². The SMILES string of the molecule is C[N+](C)(CCCCN1C(=CC=C(C#N)C(c2ccccc2)C(C#N)C#N)C=C(c2ccccc2)c2ccccc21)CC(O)CO. The van der Waals surface area contributed by atoms with E-state index in [0.29, 0.717) is 16.6 Å². The van der Waals surface area contributed by atoms with Crippen LogP contribution < -0.4 is 4.90 Å². The standard InChI is InChI=1S/C38H40N5O2/c1-43(2,27-34(45)28-44)22-12-11-21-42-33(23-36(29-13-5-3-6-14-29)35-17-9-10-18-37(35)42)20-19-31(24-39)38(32(25-40)26-41)30-15-7-4-8-16-30/h3-10,13-20,23,32,34,38,44-45H,11-12,21-22,27-28H2,1-2H3/q+1. The number of hydrogen-bond donors (Lipinski definition) is 2. The fraction of sp³-hybridized carbons (Fsp3) is 0.289. The molecule has 0 radical (unpaired) electrons. The smallest absolute Gasteiger partial charge is 0.144 e.